The van der Waals surface area contributed by atoms with E-state index in [0.717, 1.165) is 6.42 Å². The second-order valence-electron chi connectivity index (χ2n) is 7.55. The van der Waals surface area contributed by atoms with Gasteiger partial charge in [0.2, 0.25) is 11.6 Å². The van der Waals surface area contributed by atoms with Crippen LogP contribution in [0.4, 0.5) is 0 Å². The maximum Gasteiger partial charge on any atom is 0.310 e. The lowest BCUT2D eigenvalue weighted by molar-refractivity contribution is -0.158. The number of epoxide rings is 2. The number of rotatable bonds is 3. The average Bonchev–Trinajstić information content (AvgIpc) is 3.23. The lowest BCUT2D eigenvalue weighted by Crippen LogP contribution is -2.47. The molecule has 3 atom stereocenters. The van der Waals surface area contributed by atoms with E-state index in [1.165, 1.54) is 32.1 Å². The average molecular weight is 280 g/mol. The Bertz CT molecular complexity index is 447. The number of carboxylic acid groups (broad SMARTS) is 1. The number of hydrogen-bond donors (Lipinski definition) is 1. The molecule has 4 rings (SSSR count). The zero-order valence-corrected chi connectivity index (χ0v) is 12.4. The molecular weight excluding hydrogens is 256 g/mol. The van der Waals surface area contributed by atoms with Crippen LogP contribution in [0.3, 0.4) is 0 Å². The molecule has 2 saturated carbocycles. The summed E-state index contributed by atoms with van der Waals surface area (Å²) in [6.07, 6.45) is 7.56. The van der Waals surface area contributed by atoms with Crippen molar-refractivity contribution < 1.29 is 19.4 Å². The topological polar surface area (TPSA) is 62.4 Å². The predicted octanol–water partition coefficient (Wildman–Crippen LogP) is 3.16. The van der Waals surface area contributed by atoms with Crippen molar-refractivity contribution in [2.45, 2.75) is 70.4 Å². The van der Waals surface area contributed by atoms with Crippen molar-refractivity contribution in [1.82, 2.24) is 0 Å². The van der Waals surface area contributed by atoms with Gasteiger partial charge in [-0.1, -0.05) is 46.0 Å². The fourth-order valence-corrected chi connectivity index (χ4v) is 5.08. The number of carboxylic acids is 1. The molecule has 0 bridgehead atoms. The normalized spacial score (nSPS) is 53.9. The van der Waals surface area contributed by atoms with Gasteiger partial charge in [-0.15, -0.1) is 0 Å². The van der Waals surface area contributed by atoms with Crippen LogP contribution in [-0.2, 0) is 14.3 Å². The van der Waals surface area contributed by atoms with E-state index in [0.29, 0.717) is 12.3 Å². The van der Waals surface area contributed by atoms with Gasteiger partial charge in [-0.3, -0.25) is 4.79 Å². The Balaban J connectivity index is 1.61. The largest absolute Gasteiger partial charge is 0.481 e. The van der Waals surface area contributed by atoms with Crippen molar-refractivity contribution in [3.05, 3.63) is 0 Å². The standard InChI is InChI=1S/C16H24O4/c1-10-11(2)16-15(19-16,20-16)9-14(10,13(17)18)8-12-6-4-3-5-7-12/h10-12H,3-9H2,1-2H3,(H,17,18). The molecule has 2 aliphatic carbocycles. The molecule has 2 aliphatic heterocycles. The maximum atomic E-state index is 12.1. The van der Waals surface area contributed by atoms with Crippen LogP contribution >= 0.6 is 0 Å². The van der Waals surface area contributed by atoms with Crippen molar-refractivity contribution in [2.24, 2.45) is 23.2 Å². The summed E-state index contributed by atoms with van der Waals surface area (Å²) in [4.78, 5) is 12.1. The first-order valence-corrected chi connectivity index (χ1v) is 8.10. The number of aliphatic carboxylic acids is 1. The Labute approximate surface area is 119 Å². The van der Waals surface area contributed by atoms with E-state index in [9.17, 15) is 9.90 Å². The second kappa shape index (κ2) is 3.77. The van der Waals surface area contributed by atoms with Crippen LogP contribution in [0.5, 0.6) is 0 Å². The zero-order chi connectivity index (χ0) is 14.2. The van der Waals surface area contributed by atoms with Crippen LogP contribution < -0.4 is 0 Å². The van der Waals surface area contributed by atoms with Gasteiger partial charge in [0.1, 0.15) is 0 Å². The van der Waals surface area contributed by atoms with Gasteiger partial charge in [-0.2, -0.15) is 0 Å². The number of hydrogen-bond acceptors (Lipinski definition) is 3. The van der Waals surface area contributed by atoms with E-state index in [1.54, 1.807) is 0 Å². The van der Waals surface area contributed by atoms with Crippen LogP contribution in [0, 0.1) is 23.2 Å². The monoisotopic (exact) mass is 280 g/mol. The fraction of sp³-hybridized carbons (Fsp3) is 0.938. The summed E-state index contributed by atoms with van der Waals surface area (Å²) in [6.45, 7) is 4.18. The van der Waals surface area contributed by atoms with Gasteiger partial charge < -0.3 is 14.6 Å². The highest BCUT2D eigenvalue weighted by atomic mass is 17.0. The molecule has 20 heavy (non-hydrogen) atoms. The van der Waals surface area contributed by atoms with Gasteiger partial charge >= 0.3 is 5.97 Å². The van der Waals surface area contributed by atoms with Crippen LogP contribution in [0.15, 0.2) is 0 Å². The Morgan fingerprint density at radius 3 is 2.40 bits per heavy atom. The lowest BCUT2D eigenvalue weighted by atomic mass is 9.58. The summed E-state index contributed by atoms with van der Waals surface area (Å²) in [5.74, 6) is -0.715. The minimum atomic E-state index is -0.655. The van der Waals surface area contributed by atoms with Gasteiger partial charge in [-0.25, -0.2) is 0 Å². The second-order valence-corrected chi connectivity index (χ2v) is 7.55. The van der Waals surface area contributed by atoms with Gasteiger partial charge in [0.25, 0.3) is 0 Å². The Morgan fingerprint density at radius 2 is 1.80 bits per heavy atom. The van der Waals surface area contributed by atoms with Crippen molar-refractivity contribution in [1.29, 1.82) is 0 Å². The third-order valence-electron chi connectivity index (χ3n) is 6.65. The third-order valence-corrected chi connectivity index (χ3v) is 6.65. The van der Waals surface area contributed by atoms with Crippen LogP contribution in [0.2, 0.25) is 0 Å². The van der Waals surface area contributed by atoms with E-state index in [2.05, 4.69) is 13.8 Å². The molecule has 4 nitrogen and oxygen atoms in total. The highest BCUT2D eigenvalue weighted by Crippen LogP contribution is 2.80. The molecule has 2 saturated heterocycles. The van der Waals surface area contributed by atoms with Crippen LogP contribution in [0.1, 0.15) is 58.8 Å². The minimum absolute atomic E-state index is 0.111. The molecule has 0 spiro atoms. The third kappa shape index (κ3) is 1.42. The van der Waals surface area contributed by atoms with Crippen LogP contribution in [0.25, 0.3) is 0 Å². The number of ether oxygens (including phenoxy) is 2. The van der Waals surface area contributed by atoms with Crippen molar-refractivity contribution in [3.8, 4) is 0 Å². The van der Waals surface area contributed by atoms with E-state index < -0.39 is 23.0 Å². The SMILES string of the molecule is CC1C(C)C23OC2(CC1(CC1CCCCC1)C(=O)O)O3. The molecule has 112 valence electrons. The highest BCUT2D eigenvalue weighted by molar-refractivity contribution is 5.76. The molecule has 0 aromatic rings. The van der Waals surface area contributed by atoms with E-state index in [4.69, 9.17) is 9.47 Å². The molecule has 0 radical (unpaired) electrons. The summed E-state index contributed by atoms with van der Waals surface area (Å²) in [5.41, 5.74) is -0.655. The summed E-state index contributed by atoms with van der Waals surface area (Å²) in [7, 11) is 0. The summed E-state index contributed by atoms with van der Waals surface area (Å²) in [5, 5.41) is 9.96. The fourth-order valence-electron chi connectivity index (χ4n) is 5.08. The van der Waals surface area contributed by atoms with Gasteiger partial charge in [-0.05, 0) is 18.3 Å². The van der Waals surface area contributed by atoms with Gasteiger partial charge in [0.15, 0.2) is 0 Å². The summed E-state index contributed by atoms with van der Waals surface area (Å²) in [6, 6.07) is 0. The van der Waals surface area contributed by atoms with E-state index >= 15 is 0 Å². The predicted molar refractivity (Wildman–Crippen MR) is 71.8 cm³/mol. The molecule has 4 aliphatic rings. The van der Waals surface area contributed by atoms with Crippen molar-refractivity contribution in [3.63, 3.8) is 0 Å². The molecule has 1 N–H and O–H groups in total. The number of carbonyl (C=O) groups is 1. The Hall–Kier alpha value is -0.610. The smallest absolute Gasteiger partial charge is 0.310 e. The maximum absolute atomic E-state index is 12.1. The highest BCUT2D eigenvalue weighted by Gasteiger charge is 2.96. The molecule has 4 heteroatoms. The summed E-state index contributed by atoms with van der Waals surface area (Å²) >= 11 is 0. The molecule has 2 heterocycles. The zero-order valence-electron chi connectivity index (χ0n) is 12.4. The molecule has 0 aromatic heterocycles. The Morgan fingerprint density at radius 1 is 1.15 bits per heavy atom. The molecular formula is C16H24O4. The van der Waals surface area contributed by atoms with E-state index in [1.807, 2.05) is 0 Å². The van der Waals surface area contributed by atoms with Crippen molar-refractivity contribution in [2.75, 3.05) is 0 Å². The Kier molecular flexibility index (Phi) is 2.47. The molecule has 0 amide bonds. The molecule has 3 unspecified atom stereocenters. The first-order valence-electron chi connectivity index (χ1n) is 8.10. The van der Waals surface area contributed by atoms with Crippen LogP contribution in [-0.4, -0.2) is 22.7 Å². The van der Waals surface area contributed by atoms with E-state index in [-0.39, 0.29) is 11.8 Å². The van der Waals surface area contributed by atoms with Gasteiger partial charge in [0.05, 0.1) is 5.41 Å². The lowest BCUT2D eigenvalue weighted by Gasteiger charge is -2.41. The first kappa shape index (κ1) is 13.1. The quantitative estimate of drug-likeness (QED) is 0.807. The summed E-state index contributed by atoms with van der Waals surface area (Å²) < 4.78 is 11.5. The molecule has 0 aromatic carbocycles. The van der Waals surface area contributed by atoms with Gasteiger partial charge in [0, 0.05) is 12.3 Å². The molecule has 4 fully saturated rings. The minimum Gasteiger partial charge on any atom is -0.481 e. The first-order chi connectivity index (χ1) is 9.46. The van der Waals surface area contributed by atoms with Crippen molar-refractivity contribution >= 4 is 5.97 Å².